The molecule has 1 N–H and O–H groups in total. The number of nitrogens with one attached hydrogen (secondary N) is 1. The van der Waals surface area contributed by atoms with E-state index in [4.69, 9.17) is 4.74 Å². The van der Waals surface area contributed by atoms with Crippen molar-refractivity contribution in [2.45, 2.75) is 50.0 Å². The third-order valence-electron chi connectivity index (χ3n) is 6.17. The molecule has 178 valence electrons. The van der Waals surface area contributed by atoms with E-state index in [1.807, 2.05) is 4.90 Å². The molecule has 1 heterocycles. The molecule has 2 fully saturated rings. The Kier molecular flexibility index (Phi) is 8.50. The molecule has 0 spiro atoms. The number of sulfonamides is 1. The first kappa shape index (κ1) is 24.5. The molecule has 0 unspecified atom stereocenters. The predicted molar refractivity (Wildman–Crippen MR) is 122 cm³/mol. The fourth-order valence-electron chi connectivity index (χ4n) is 4.22. The van der Waals surface area contributed by atoms with E-state index < -0.39 is 10.0 Å². The first-order chi connectivity index (χ1) is 15.3. The number of benzene rings is 1. The zero-order valence-corrected chi connectivity index (χ0v) is 19.8. The summed E-state index contributed by atoms with van der Waals surface area (Å²) in [5.74, 6) is -0.176. The molecule has 32 heavy (non-hydrogen) atoms. The summed E-state index contributed by atoms with van der Waals surface area (Å²) >= 11 is 0. The van der Waals surface area contributed by atoms with Crippen molar-refractivity contribution in [1.29, 1.82) is 0 Å². The molecule has 0 bridgehead atoms. The lowest BCUT2D eigenvalue weighted by atomic mass is 9.96. The Bertz CT molecular complexity index is 876. The van der Waals surface area contributed by atoms with Crippen LogP contribution in [0.2, 0.25) is 0 Å². The molecule has 1 aromatic carbocycles. The van der Waals surface area contributed by atoms with E-state index in [0.29, 0.717) is 38.5 Å². The summed E-state index contributed by atoms with van der Waals surface area (Å²) in [6.07, 6.45) is 4.77. The highest BCUT2D eigenvalue weighted by atomic mass is 32.2. The Morgan fingerprint density at radius 2 is 1.69 bits per heavy atom. The van der Waals surface area contributed by atoms with Gasteiger partial charge in [0.25, 0.3) is 0 Å². The van der Waals surface area contributed by atoms with Crippen molar-refractivity contribution < 1.29 is 22.7 Å². The van der Waals surface area contributed by atoms with Gasteiger partial charge in [-0.25, -0.2) is 13.2 Å². The molecule has 1 aliphatic heterocycles. The number of anilines is 1. The third kappa shape index (κ3) is 6.20. The van der Waals surface area contributed by atoms with E-state index in [0.717, 1.165) is 25.7 Å². The molecule has 2 aliphatic rings. The molecule has 0 aromatic heterocycles. The molecule has 10 heteroatoms. The van der Waals surface area contributed by atoms with Crippen molar-refractivity contribution in [2.75, 3.05) is 51.7 Å². The van der Waals surface area contributed by atoms with Crippen molar-refractivity contribution in [3.05, 3.63) is 24.3 Å². The van der Waals surface area contributed by atoms with Crippen LogP contribution < -0.4 is 5.32 Å². The van der Waals surface area contributed by atoms with Crippen molar-refractivity contribution in [2.24, 2.45) is 0 Å². The Morgan fingerprint density at radius 1 is 1.06 bits per heavy atom. The van der Waals surface area contributed by atoms with Gasteiger partial charge in [-0.05, 0) is 44.0 Å². The monoisotopic (exact) mass is 466 g/mol. The van der Waals surface area contributed by atoms with E-state index in [1.165, 1.54) is 10.7 Å². The molecule has 9 nitrogen and oxygen atoms in total. The Hall–Kier alpha value is -2.17. The van der Waals surface area contributed by atoms with Crippen LogP contribution in [0, 0.1) is 0 Å². The van der Waals surface area contributed by atoms with Gasteiger partial charge in [0.1, 0.15) is 0 Å². The molecule has 1 aromatic rings. The number of hydrogen-bond acceptors (Lipinski definition) is 6. The van der Waals surface area contributed by atoms with Gasteiger partial charge in [-0.15, -0.1) is 0 Å². The van der Waals surface area contributed by atoms with Crippen molar-refractivity contribution in [1.82, 2.24) is 14.1 Å². The third-order valence-corrected chi connectivity index (χ3v) is 8.09. The number of nitrogens with zero attached hydrogens (tertiary/aromatic N) is 3. The summed E-state index contributed by atoms with van der Waals surface area (Å²) in [6, 6.07) is 6.39. The molecular weight excluding hydrogens is 432 g/mol. The van der Waals surface area contributed by atoms with Gasteiger partial charge in [-0.2, -0.15) is 4.31 Å². The normalized spacial score (nSPS) is 18.5. The van der Waals surface area contributed by atoms with Gasteiger partial charge >= 0.3 is 6.09 Å². The highest BCUT2D eigenvalue weighted by molar-refractivity contribution is 7.89. The van der Waals surface area contributed by atoms with E-state index >= 15 is 0 Å². The summed E-state index contributed by atoms with van der Waals surface area (Å²) in [7, 11) is -1.90. The fourth-order valence-corrected chi connectivity index (χ4v) is 5.64. The van der Waals surface area contributed by atoms with Gasteiger partial charge < -0.3 is 15.0 Å². The minimum absolute atomic E-state index is 0.0532. The lowest BCUT2D eigenvalue weighted by molar-refractivity contribution is -0.117. The van der Waals surface area contributed by atoms with Gasteiger partial charge in [0.05, 0.1) is 18.0 Å². The highest BCUT2D eigenvalue weighted by Gasteiger charge is 2.29. The maximum absolute atomic E-state index is 12.9. The van der Waals surface area contributed by atoms with E-state index in [2.05, 4.69) is 5.32 Å². The SMILES string of the molecule is CCOC(=O)N1CCN(CC(=O)Nc2ccc(S(=O)(=O)N(C)C3CCCCC3)cc2)CC1. The Morgan fingerprint density at radius 3 is 2.28 bits per heavy atom. The topological polar surface area (TPSA) is 99.3 Å². The van der Waals surface area contributed by atoms with Crippen LogP contribution in [0.1, 0.15) is 39.0 Å². The molecule has 3 rings (SSSR count). The first-order valence-corrected chi connectivity index (χ1v) is 12.8. The van der Waals surface area contributed by atoms with Crippen molar-refractivity contribution in [3.8, 4) is 0 Å². The summed E-state index contributed by atoms with van der Waals surface area (Å²) in [5, 5.41) is 2.82. The van der Waals surface area contributed by atoms with Gasteiger partial charge in [0, 0.05) is 45.0 Å². The maximum Gasteiger partial charge on any atom is 0.409 e. The average Bonchev–Trinajstić information content (AvgIpc) is 2.80. The minimum Gasteiger partial charge on any atom is -0.450 e. The number of hydrogen-bond donors (Lipinski definition) is 1. The van der Waals surface area contributed by atoms with E-state index in [1.54, 1.807) is 43.1 Å². The molecule has 2 amide bonds. The molecule has 1 aliphatic carbocycles. The predicted octanol–water partition coefficient (Wildman–Crippen LogP) is 2.35. The van der Waals surface area contributed by atoms with Crippen LogP contribution >= 0.6 is 0 Å². The van der Waals surface area contributed by atoms with Gasteiger partial charge in [-0.1, -0.05) is 19.3 Å². The second-order valence-corrected chi connectivity index (χ2v) is 10.3. The van der Waals surface area contributed by atoms with Crippen molar-refractivity contribution >= 4 is 27.7 Å². The molecular formula is C22H34N4O5S. The lowest BCUT2D eigenvalue weighted by Gasteiger charge is -2.33. The second kappa shape index (κ2) is 11.1. The van der Waals surface area contributed by atoms with Crippen LogP contribution in [-0.4, -0.2) is 86.9 Å². The quantitative estimate of drug-likeness (QED) is 0.662. The summed E-state index contributed by atoms with van der Waals surface area (Å²) in [4.78, 5) is 28.0. The van der Waals surface area contributed by atoms with Crippen LogP contribution in [0.15, 0.2) is 29.2 Å². The molecule has 0 atom stereocenters. The van der Waals surface area contributed by atoms with E-state index in [-0.39, 0.29) is 29.5 Å². The standard InChI is InChI=1S/C22H34N4O5S/c1-3-31-22(28)26-15-13-25(14-16-26)17-21(27)23-18-9-11-20(12-10-18)32(29,30)24(2)19-7-5-4-6-8-19/h9-12,19H,3-8,13-17H2,1-2H3,(H,23,27). The average molecular weight is 467 g/mol. The highest BCUT2D eigenvalue weighted by Crippen LogP contribution is 2.27. The number of rotatable bonds is 7. The molecule has 1 saturated heterocycles. The number of piperazine rings is 1. The number of carbonyl (C=O) groups is 2. The molecule has 0 radical (unpaired) electrons. The fraction of sp³-hybridized carbons (Fsp3) is 0.636. The van der Waals surface area contributed by atoms with Gasteiger partial charge in [0.2, 0.25) is 15.9 Å². The zero-order chi connectivity index (χ0) is 23.1. The summed E-state index contributed by atoms with van der Waals surface area (Å²) < 4.78 is 32.4. The number of carbonyl (C=O) groups excluding carboxylic acids is 2. The smallest absolute Gasteiger partial charge is 0.409 e. The minimum atomic E-state index is -3.55. The Balaban J connectivity index is 1.50. The number of ether oxygens (including phenoxy) is 1. The number of amides is 2. The van der Waals surface area contributed by atoms with Crippen LogP contribution in [0.5, 0.6) is 0 Å². The van der Waals surface area contributed by atoms with Crippen LogP contribution in [-0.2, 0) is 19.6 Å². The largest absolute Gasteiger partial charge is 0.450 e. The van der Waals surface area contributed by atoms with Crippen LogP contribution in [0.25, 0.3) is 0 Å². The van der Waals surface area contributed by atoms with Gasteiger partial charge in [-0.3, -0.25) is 9.69 Å². The lowest BCUT2D eigenvalue weighted by Crippen LogP contribution is -2.50. The zero-order valence-electron chi connectivity index (χ0n) is 19.0. The van der Waals surface area contributed by atoms with Crippen molar-refractivity contribution in [3.63, 3.8) is 0 Å². The van der Waals surface area contributed by atoms with E-state index in [9.17, 15) is 18.0 Å². The summed E-state index contributed by atoms with van der Waals surface area (Å²) in [6.45, 7) is 4.56. The van der Waals surface area contributed by atoms with Crippen LogP contribution in [0.4, 0.5) is 10.5 Å². The second-order valence-electron chi connectivity index (χ2n) is 8.35. The maximum atomic E-state index is 12.9. The van der Waals surface area contributed by atoms with Gasteiger partial charge in [0.15, 0.2) is 0 Å². The first-order valence-electron chi connectivity index (χ1n) is 11.3. The Labute approximate surface area is 190 Å². The summed E-state index contributed by atoms with van der Waals surface area (Å²) in [5.41, 5.74) is 0.555. The molecule has 1 saturated carbocycles. The van der Waals surface area contributed by atoms with Crippen LogP contribution in [0.3, 0.4) is 0 Å².